The molecule has 0 aliphatic carbocycles. The molecule has 45 heavy (non-hydrogen) atoms. The van der Waals surface area contributed by atoms with Crippen molar-refractivity contribution >= 4 is 5.91 Å². The summed E-state index contributed by atoms with van der Waals surface area (Å²) in [6, 6.07) is -0.819. The number of nitrogens with one attached hydrogen (secondary N) is 1. The molecule has 268 valence electrons. The number of hydrogen-bond acceptors (Lipinski definition) is 4. The first-order valence-corrected chi connectivity index (χ1v) is 20.0. The van der Waals surface area contributed by atoms with Crippen molar-refractivity contribution in [1.29, 1.82) is 0 Å². The number of carbonyl (C=O) groups is 1. The van der Waals surface area contributed by atoms with Crippen LogP contribution in [0, 0.1) is 0 Å². The summed E-state index contributed by atoms with van der Waals surface area (Å²) in [5.74, 6) is -0.152. The zero-order chi connectivity index (χ0) is 33.1. The van der Waals surface area contributed by atoms with Gasteiger partial charge in [0.05, 0.1) is 18.8 Å². The number of unbranched alkanes of at least 4 members (excludes halogenated alkanes) is 26. The lowest BCUT2D eigenvalue weighted by Crippen LogP contribution is -2.50. The van der Waals surface area contributed by atoms with Gasteiger partial charge in [-0.3, -0.25) is 4.79 Å². The van der Waals surface area contributed by atoms with Gasteiger partial charge in [0.2, 0.25) is 5.91 Å². The number of rotatable bonds is 36. The lowest BCUT2D eigenvalue weighted by atomic mass is 10.0. The van der Waals surface area contributed by atoms with Gasteiger partial charge in [0, 0.05) is 6.42 Å². The Morgan fingerprint density at radius 2 is 0.889 bits per heavy atom. The largest absolute Gasteiger partial charge is 0.394 e. The molecule has 4 N–H and O–H groups in total. The first-order valence-electron chi connectivity index (χ1n) is 20.0. The molecule has 1 amide bonds. The third kappa shape index (κ3) is 31.5. The highest BCUT2D eigenvalue weighted by Gasteiger charge is 2.26. The number of aliphatic hydroxyl groups is 3. The fourth-order valence-corrected chi connectivity index (χ4v) is 6.22. The van der Waals surface area contributed by atoms with E-state index in [2.05, 4.69) is 31.3 Å². The minimum absolute atomic E-state index is 0.152. The Morgan fingerprint density at radius 1 is 0.533 bits per heavy atom. The van der Waals surface area contributed by atoms with E-state index in [0.717, 1.165) is 38.5 Å². The molecule has 0 aromatic heterocycles. The molecule has 5 nitrogen and oxygen atoms in total. The van der Waals surface area contributed by atoms with Crippen molar-refractivity contribution in [2.24, 2.45) is 0 Å². The first kappa shape index (κ1) is 44.1. The Hall–Kier alpha value is -0.910. The van der Waals surface area contributed by atoms with Gasteiger partial charge in [-0.25, -0.2) is 0 Å². The van der Waals surface area contributed by atoms with Gasteiger partial charge >= 0.3 is 0 Å². The molecule has 0 radical (unpaired) electrons. The van der Waals surface area contributed by atoms with E-state index in [9.17, 15) is 20.1 Å². The average molecular weight is 638 g/mol. The molecule has 0 spiro atoms. The standard InChI is InChI=1S/C40H79NO4/c1-3-5-7-9-11-13-15-17-19-21-23-25-27-29-31-33-35-39(44)41-37(36-42)40(45)38(43)34-32-30-28-26-24-22-20-18-16-14-12-10-8-6-4-2/h26,28,37-38,40,42-43,45H,3-25,27,29-36H2,1-2H3,(H,41,44)/b28-26+. The van der Waals surface area contributed by atoms with E-state index < -0.39 is 18.2 Å². The van der Waals surface area contributed by atoms with Gasteiger partial charge in [-0.05, 0) is 38.5 Å². The fourth-order valence-electron chi connectivity index (χ4n) is 6.22. The van der Waals surface area contributed by atoms with Crippen molar-refractivity contribution < 1.29 is 20.1 Å². The van der Waals surface area contributed by atoms with Crippen LogP contribution in [0.1, 0.15) is 213 Å². The molecule has 0 aliphatic heterocycles. The summed E-state index contributed by atoms with van der Waals surface area (Å²) in [5, 5.41) is 33.4. The Bertz CT molecular complexity index is 625. The topological polar surface area (TPSA) is 89.8 Å². The summed E-state index contributed by atoms with van der Waals surface area (Å²) in [7, 11) is 0. The van der Waals surface area contributed by atoms with Crippen LogP contribution in [0.25, 0.3) is 0 Å². The molecule has 0 aromatic rings. The second kappa shape index (κ2) is 35.9. The molecular weight excluding hydrogens is 558 g/mol. The van der Waals surface area contributed by atoms with Crippen LogP contribution in [0.3, 0.4) is 0 Å². The molecule has 0 rings (SSSR count). The van der Waals surface area contributed by atoms with E-state index in [0.29, 0.717) is 12.8 Å². The van der Waals surface area contributed by atoms with Gasteiger partial charge in [0.15, 0.2) is 0 Å². The third-order valence-electron chi connectivity index (χ3n) is 9.37. The summed E-state index contributed by atoms with van der Waals surface area (Å²) in [4.78, 5) is 12.4. The summed E-state index contributed by atoms with van der Waals surface area (Å²) >= 11 is 0. The minimum atomic E-state index is -1.15. The van der Waals surface area contributed by atoms with Gasteiger partial charge in [0.25, 0.3) is 0 Å². The van der Waals surface area contributed by atoms with Crippen molar-refractivity contribution in [3.05, 3.63) is 12.2 Å². The van der Waals surface area contributed by atoms with E-state index in [-0.39, 0.29) is 12.5 Å². The molecule has 0 bridgehead atoms. The van der Waals surface area contributed by atoms with Crippen LogP contribution in [0.5, 0.6) is 0 Å². The van der Waals surface area contributed by atoms with E-state index in [1.807, 2.05) is 0 Å². The Morgan fingerprint density at radius 3 is 1.29 bits per heavy atom. The molecule has 3 unspecified atom stereocenters. The van der Waals surface area contributed by atoms with Gasteiger partial charge < -0.3 is 20.6 Å². The van der Waals surface area contributed by atoms with E-state index in [1.54, 1.807) is 0 Å². The van der Waals surface area contributed by atoms with Crippen molar-refractivity contribution in [3.8, 4) is 0 Å². The van der Waals surface area contributed by atoms with Crippen molar-refractivity contribution in [1.82, 2.24) is 5.32 Å². The molecule has 3 atom stereocenters. The monoisotopic (exact) mass is 638 g/mol. The lowest BCUT2D eigenvalue weighted by Gasteiger charge is -2.26. The summed E-state index contributed by atoms with van der Waals surface area (Å²) in [5.41, 5.74) is 0. The minimum Gasteiger partial charge on any atom is -0.394 e. The van der Waals surface area contributed by atoms with E-state index in [1.165, 1.54) is 148 Å². The van der Waals surface area contributed by atoms with Crippen LogP contribution < -0.4 is 5.32 Å². The zero-order valence-corrected chi connectivity index (χ0v) is 30.3. The number of aliphatic hydroxyl groups excluding tert-OH is 3. The van der Waals surface area contributed by atoms with Crippen molar-refractivity contribution in [3.63, 3.8) is 0 Å². The highest BCUT2D eigenvalue weighted by atomic mass is 16.3. The number of amides is 1. The normalized spacial score (nSPS) is 13.8. The maximum absolute atomic E-state index is 12.4. The maximum Gasteiger partial charge on any atom is 0.220 e. The van der Waals surface area contributed by atoms with Crippen LogP contribution in [0.4, 0.5) is 0 Å². The predicted octanol–water partition coefficient (Wildman–Crippen LogP) is 10.9. The summed E-state index contributed by atoms with van der Waals surface area (Å²) < 4.78 is 0. The molecule has 0 heterocycles. The number of hydrogen-bond donors (Lipinski definition) is 4. The zero-order valence-electron chi connectivity index (χ0n) is 30.3. The number of allylic oxidation sites excluding steroid dienone is 2. The predicted molar refractivity (Wildman–Crippen MR) is 195 cm³/mol. The fraction of sp³-hybridized carbons (Fsp3) is 0.925. The van der Waals surface area contributed by atoms with Gasteiger partial charge in [0.1, 0.15) is 6.10 Å². The second-order valence-electron chi connectivity index (χ2n) is 13.8. The van der Waals surface area contributed by atoms with Gasteiger partial charge in [-0.15, -0.1) is 0 Å². The quantitative estimate of drug-likeness (QED) is 0.0406. The SMILES string of the molecule is CCCCCCCCCCCC/C=C/CCCC(O)C(O)C(CO)NC(=O)CCCCCCCCCCCCCCCCCC. The van der Waals surface area contributed by atoms with Crippen LogP contribution >= 0.6 is 0 Å². The Balaban J connectivity index is 3.68. The molecule has 0 aliphatic rings. The molecular formula is C40H79NO4. The van der Waals surface area contributed by atoms with Crippen LogP contribution in [-0.2, 0) is 4.79 Å². The Kier molecular flexibility index (Phi) is 35.2. The molecule has 0 aromatic carbocycles. The summed E-state index contributed by atoms with van der Waals surface area (Å²) in [6.45, 7) is 4.17. The van der Waals surface area contributed by atoms with E-state index >= 15 is 0 Å². The third-order valence-corrected chi connectivity index (χ3v) is 9.37. The lowest BCUT2D eigenvalue weighted by molar-refractivity contribution is -0.124. The van der Waals surface area contributed by atoms with E-state index in [4.69, 9.17) is 0 Å². The van der Waals surface area contributed by atoms with Crippen molar-refractivity contribution in [2.75, 3.05) is 6.61 Å². The Labute approximate surface area is 280 Å². The first-order chi connectivity index (χ1) is 22.1. The van der Waals surface area contributed by atoms with Gasteiger partial charge in [-0.2, -0.15) is 0 Å². The smallest absolute Gasteiger partial charge is 0.220 e. The van der Waals surface area contributed by atoms with Crippen LogP contribution in [0.2, 0.25) is 0 Å². The highest BCUT2D eigenvalue weighted by Crippen LogP contribution is 2.15. The molecule has 0 saturated heterocycles. The molecule has 0 saturated carbocycles. The second-order valence-corrected chi connectivity index (χ2v) is 13.8. The molecule has 5 heteroatoms. The highest BCUT2D eigenvalue weighted by molar-refractivity contribution is 5.76. The average Bonchev–Trinajstić information content (AvgIpc) is 3.04. The van der Waals surface area contributed by atoms with Crippen molar-refractivity contribution in [2.45, 2.75) is 231 Å². The number of carbonyl (C=O) groups excluding carboxylic acids is 1. The van der Waals surface area contributed by atoms with Crippen LogP contribution in [-0.4, -0.2) is 46.1 Å². The van der Waals surface area contributed by atoms with Crippen LogP contribution in [0.15, 0.2) is 12.2 Å². The maximum atomic E-state index is 12.4. The molecule has 0 fully saturated rings. The van der Waals surface area contributed by atoms with Gasteiger partial charge in [-0.1, -0.05) is 180 Å². The summed E-state index contributed by atoms with van der Waals surface area (Å²) in [6.07, 6.45) is 40.2.